The molecule has 1 N–H and O–H groups in total. The Kier molecular flexibility index (Phi) is 3.82. The highest BCUT2D eigenvalue weighted by Gasteiger charge is 2.17. The van der Waals surface area contributed by atoms with Gasteiger partial charge >= 0.3 is 4.87 Å². The quantitative estimate of drug-likeness (QED) is 0.773. The zero-order chi connectivity index (χ0) is 17.4. The molecule has 2 heterocycles. The first-order valence-corrected chi connectivity index (χ1v) is 8.46. The number of aliphatic imine (C=N–C) groups is 1. The van der Waals surface area contributed by atoms with E-state index in [4.69, 9.17) is 0 Å². The lowest BCUT2D eigenvalue weighted by Crippen LogP contribution is -2.14. The van der Waals surface area contributed by atoms with E-state index in [1.165, 1.54) is 10.6 Å². The molecular formula is C19H13FN2O2S. The van der Waals surface area contributed by atoms with Gasteiger partial charge in [-0.05, 0) is 18.2 Å². The third-order valence-corrected chi connectivity index (χ3v) is 4.94. The summed E-state index contributed by atoms with van der Waals surface area (Å²) in [6, 6.07) is 13.9. The summed E-state index contributed by atoms with van der Waals surface area (Å²) < 4.78 is 15.0. The Morgan fingerprint density at radius 2 is 1.92 bits per heavy atom. The van der Waals surface area contributed by atoms with Gasteiger partial charge in [0, 0.05) is 22.9 Å². The van der Waals surface area contributed by atoms with Crippen molar-refractivity contribution in [3.05, 3.63) is 80.0 Å². The van der Waals surface area contributed by atoms with Crippen molar-refractivity contribution in [2.75, 3.05) is 0 Å². The number of rotatable bonds is 3. The minimum atomic E-state index is -0.406. The number of allylic oxidation sites excluding steroid dienone is 1. The van der Waals surface area contributed by atoms with Crippen LogP contribution in [0.1, 0.15) is 16.0 Å². The van der Waals surface area contributed by atoms with Gasteiger partial charge < -0.3 is 5.11 Å². The SMILES string of the molecule is O=c1sc(/C=C2/C=Nc3ccccc32)c(O)n1Cc1ccccc1F. The van der Waals surface area contributed by atoms with Crippen LogP contribution in [-0.4, -0.2) is 15.9 Å². The molecule has 0 unspecified atom stereocenters. The van der Waals surface area contributed by atoms with E-state index >= 15 is 0 Å². The largest absolute Gasteiger partial charge is 0.493 e. The molecule has 0 radical (unpaired) electrons. The van der Waals surface area contributed by atoms with E-state index in [1.54, 1.807) is 30.5 Å². The maximum Gasteiger partial charge on any atom is 0.310 e. The fourth-order valence-electron chi connectivity index (χ4n) is 2.74. The Morgan fingerprint density at radius 1 is 1.16 bits per heavy atom. The summed E-state index contributed by atoms with van der Waals surface area (Å²) in [7, 11) is 0. The molecule has 3 aromatic rings. The van der Waals surface area contributed by atoms with E-state index in [-0.39, 0.29) is 17.3 Å². The van der Waals surface area contributed by atoms with Crippen LogP contribution in [0, 0.1) is 5.82 Å². The normalized spacial score (nSPS) is 14.2. The molecule has 0 atom stereocenters. The predicted molar refractivity (Wildman–Crippen MR) is 98.2 cm³/mol. The molecule has 2 aromatic carbocycles. The Balaban J connectivity index is 1.72. The molecule has 1 aromatic heterocycles. The number of benzene rings is 2. The molecule has 0 saturated heterocycles. The van der Waals surface area contributed by atoms with Crippen molar-refractivity contribution in [2.24, 2.45) is 4.99 Å². The van der Waals surface area contributed by atoms with Crippen LogP contribution in [0.3, 0.4) is 0 Å². The highest BCUT2D eigenvalue weighted by Crippen LogP contribution is 2.34. The second-order valence-corrected chi connectivity index (χ2v) is 6.60. The summed E-state index contributed by atoms with van der Waals surface area (Å²) in [4.78, 5) is 16.6. The van der Waals surface area contributed by atoms with Gasteiger partial charge in [-0.2, -0.15) is 0 Å². The number of thiazole rings is 1. The molecule has 4 rings (SSSR count). The monoisotopic (exact) mass is 352 g/mol. The molecule has 0 saturated carbocycles. The average molecular weight is 352 g/mol. The third kappa shape index (κ3) is 2.81. The van der Waals surface area contributed by atoms with Gasteiger partial charge in [-0.1, -0.05) is 47.7 Å². The summed E-state index contributed by atoms with van der Waals surface area (Å²) in [6.45, 7) is -0.0122. The number of para-hydroxylation sites is 1. The van der Waals surface area contributed by atoms with Gasteiger partial charge in [0.1, 0.15) is 5.82 Å². The smallest absolute Gasteiger partial charge is 0.310 e. The number of hydrogen-bond donors (Lipinski definition) is 1. The zero-order valence-electron chi connectivity index (χ0n) is 13.0. The van der Waals surface area contributed by atoms with E-state index in [9.17, 15) is 14.3 Å². The Bertz CT molecular complexity index is 1080. The molecule has 0 spiro atoms. The van der Waals surface area contributed by atoms with Crippen LogP contribution in [0.2, 0.25) is 0 Å². The van der Waals surface area contributed by atoms with Crippen LogP contribution in [0.5, 0.6) is 5.88 Å². The van der Waals surface area contributed by atoms with Crippen LogP contribution in [-0.2, 0) is 6.54 Å². The lowest BCUT2D eigenvalue weighted by atomic mass is 10.1. The number of aromatic hydroxyl groups is 1. The maximum absolute atomic E-state index is 13.8. The fraction of sp³-hybridized carbons (Fsp3) is 0.0526. The summed E-state index contributed by atoms with van der Waals surface area (Å²) in [6.07, 6.45) is 3.43. The molecule has 0 fully saturated rings. The number of aromatic nitrogens is 1. The van der Waals surface area contributed by atoms with E-state index in [2.05, 4.69) is 4.99 Å². The Hall–Kier alpha value is -2.99. The van der Waals surface area contributed by atoms with Crippen molar-refractivity contribution >= 4 is 34.9 Å². The number of fused-ring (bicyclic) bond motifs is 1. The van der Waals surface area contributed by atoms with Crippen LogP contribution in [0.15, 0.2) is 58.3 Å². The molecule has 1 aliphatic heterocycles. The molecule has 124 valence electrons. The second-order valence-electron chi connectivity index (χ2n) is 5.61. The summed E-state index contributed by atoms with van der Waals surface area (Å²) in [5.74, 6) is -0.569. The number of hydrogen-bond acceptors (Lipinski definition) is 4. The molecule has 1 aliphatic rings. The molecule has 0 aliphatic carbocycles. The van der Waals surface area contributed by atoms with Crippen molar-refractivity contribution in [3.63, 3.8) is 0 Å². The second kappa shape index (κ2) is 6.14. The van der Waals surface area contributed by atoms with Crippen molar-refractivity contribution < 1.29 is 9.50 Å². The van der Waals surface area contributed by atoms with Crippen LogP contribution in [0.4, 0.5) is 10.1 Å². The van der Waals surface area contributed by atoms with Gasteiger partial charge in [-0.15, -0.1) is 0 Å². The zero-order valence-corrected chi connectivity index (χ0v) is 13.8. The first kappa shape index (κ1) is 15.5. The molecule has 4 nitrogen and oxygen atoms in total. The standard InChI is InChI=1S/C19H13FN2O2S/c20-15-7-3-1-5-12(15)11-22-18(23)17(25-19(22)24)9-13-10-21-16-8-4-2-6-14(13)16/h1-10,23H,11H2/b13-9-. The highest BCUT2D eigenvalue weighted by molar-refractivity contribution is 7.10. The van der Waals surface area contributed by atoms with Crippen molar-refractivity contribution in [2.45, 2.75) is 6.54 Å². The van der Waals surface area contributed by atoms with Crippen LogP contribution in [0.25, 0.3) is 11.6 Å². The highest BCUT2D eigenvalue weighted by atomic mass is 32.1. The van der Waals surface area contributed by atoms with Gasteiger partial charge in [0.05, 0.1) is 17.1 Å². The minimum Gasteiger partial charge on any atom is -0.493 e. The van der Waals surface area contributed by atoms with Gasteiger partial charge in [0.25, 0.3) is 0 Å². The van der Waals surface area contributed by atoms with Gasteiger partial charge in [0.2, 0.25) is 5.88 Å². The van der Waals surface area contributed by atoms with Gasteiger partial charge in [-0.3, -0.25) is 14.4 Å². The average Bonchev–Trinajstić information content (AvgIpc) is 3.13. The van der Waals surface area contributed by atoms with Crippen molar-refractivity contribution in [1.29, 1.82) is 0 Å². The predicted octanol–water partition coefficient (Wildman–Crippen LogP) is 4.06. The van der Waals surface area contributed by atoms with Crippen LogP contribution < -0.4 is 4.87 Å². The lowest BCUT2D eigenvalue weighted by Gasteiger charge is -2.05. The summed E-state index contributed by atoms with van der Waals surface area (Å²) >= 11 is 0.925. The van der Waals surface area contributed by atoms with Crippen molar-refractivity contribution in [3.8, 4) is 5.88 Å². The number of halogens is 1. The van der Waals surface area contributed by atoms with Gasteiger partial charge in [-0.25, -0.2) is 4.39 Å². The Labute approximate surface area is 146 Å². The first-order chi connectivity index (χ1) is 12.1. The van der Waals surface area contributed by atoms with E-state index in [0.29, 0.717) is 10.4 Å². The molecule has 0 bridgehead atoms. The molecule has 0 amide bonds. The van der Waals surface area contributed by atoms with E-state index in [0.717, 1.165) is 28.2 Å². The summed E-state index contributed by atoms with van der Waals surface area (Å²) in [5, 5.41) is 10.4. The van der Waals surface area contributed by atoms with Gasteiger partial charge in [0.15, 0.2) is 0 Å². The lowest BCUT2D eigenvalue weighted by molar-refractivity contribution is 0.418. The fourth-order valence-corrected chi connectivity index (χ4v) is 3.58. The topological polar surface area (TPSA) is 54.6 Å². The summed E-state index contributed by atoms with van der Waals surface area (Å²) in [5.41, 5.74) is 2.98. The first-order valence-electron chi connectivity index (χ1n) is 7.64. The third-order valence-electron chi connectivity index (χ3n) is 4.02. The maximum atomic E-state index is 13.8. The van der Waals surface area contributed by atoms with E-state index < -0.39 is 5.82 Å². The number of nitrogens with zero attached hydrogens (tertiary/aromatic N) is 2. The van der Waals surface area contributed by atoms with E-state index in [1.807, 2.05) is 24.3 Å². The molecular weight excluding hydrogens is 339 g/mol. The van der Waals surface area contributed by atoms with Crippen LogP contribution >= 0.6 is 11.3 Å². The Morgan fingerprint density at radius 3 is 2.76 bits per heavy atom. The molecule has 25 heavy (non-hydrogen) atoms. The van der Waals surface area contributed by atoms with Crippen molar-refractivity contribution in [1.82, 2.24) is 4.57 Å². The molecule has 6 heteroatoms. The minimum absolute atomic E-state index is 0.0122.